The number of amides is 1. The van der Waals surface area contributed by atoms with Crippen LogP contribution < -0.4 is 5.32 Å². The van der Waals surface area contributed by atoms with Crippen LogP contribution in [0, 0.1) is 6.92 Å². The van der Waals surface area contributed by atoms with Crippen LogP contribution >= 0.6 is 11.3 Å². The monoisotopic (exact) mass is 407 g/mol. The molecule has 29 heavy (non-hydrogen) atoms. The number of benzene rings is 2. The van der Waals surface area contributed by atoms with Crippen LogP contribution in [0.25, 0.3) is 11.3 Å². The lowest BCUT2D eigenvalue weighted by Crippen LogP contribution is -2.35. The Kier molecular flexibility index (Phi) is 6.34. The summed E-state index contributed by atoms with van der Waals surface area (Å²) in [4.78, 5) is 20.4. The molecular weight excluding hydrogens is 382 g/mol. The Morgan fingerprint density at radius 1 is 1.07 bits per heavy atom. The fourth-order valence-electron chi connectivity index (χ4n) is 3.42. The van der Waals surface area contributed by atoms with Crippen LogP contribution in [0.1, 0.15) is 25.8 Å². The van der Waals surface area contributed by atoms with Gasteiger partial charge in [0.05, 0.1) is 23.9 Å². The highest BCUT2D eigenvalue weighted by atomic mass is 32.1. The molecule has 3 aromatic rings. The Morgan fingerprint density at radius 3 is 2.48 bits per heavy atom. The van der Waals surface area contributed by atoms with Crippen molar-refractivity contribution in [1.82, 2.24) is 15.2 Å². The molecule has 2 heterocycles. The van der Waals surface area contributed by atoms with Crippen molar-refractivity contribution in [2.75, 3.05) is 26.3 Å². The second-order valence-electron chi connectivity index (χ2n) is 7.16. The highest BCUT2D eigenvalue weighted by Gasteiger charge is 2.18. The number of rotatable bonds is 6. The fourth-order valence-corrected chi connectivity index (χ4v) is 4.27. The summed E-state index contributed by atoms with van der Waals surface area (Å²) in [6.07, 6.45) is 0. The van der Waals surface area contributed by atoms with Crippen molar-refractivity contribution in [3.63, 3.8) is 0 Å². The van der Waals surface area contributed by atoms with Crippen LogP contribution in [-0.4, -0.2) is 42.1 Å². The van der Waals surface area contributed by atoms with Crippen molar-refractivity contribution in [2.24, 2.45) is 0 Å². The minimum atomic E-state index is -0.0770. The Morgan fingerprint density at radius 2 is 1.76 bits per heavy atom. The van der Waals surface area contributed by atoms with E-state index in [1.807, 2.05) is 37.3 Å². The summed E-state index contributed by atoms with van der Waals surface area (Å²) in [5.41, 5.74) is 4.10. The first kappa shape index (κ1) is 19.8. The second kappa shape index (κ2) is 9.31. The van der Waals surface area contributed by atoms with E-state index in [-0.39, 0.29) is 5.91 Å². The Balaban J connectivity index is 1.37. The van der Waals surface area contributed by atoms with Crippen LogP contribution in [0.3, 0.4) is 0 Å². The number of morpholine rings is 1. The van der Waals surface area contributed by atoms with Gasteiger partial charge in [-0.15, -0.1) is 11.3 Å². The van der Waals surface area contributed by atoms with Gasteiger partial charge in [0.1, 0.15) is 4.88 Å². The smallest absolute Gasteiger partial charge is 0.263 e. The minimum absolute atomic E-state index is 0.0770. The lowest BCUT2D eigenvalue weighted by molar-refractivity contribution is 0.0342. The molecule has 1 saturated heterocycles. The molecule has 0 unspecified atom stereocenters. The zero-order chi connectivity index (χ0) is 20.1. The maximum Gasteiger partial charge on any atom is 0.263 e. The molecule has 1 aromatic heterocycles. The molecule has 1 aliphatic heterocycles. The summed E-state index contributed by atoms with van der Waals surface area (Å²) in [5.74, 6) is -0.0770. The number of carbonyl (C=O) groups excluding carboxylic acids is 1. The highest BCUT2D eigenvalue weighted by molar-refractivity contribution is 7.14. The molecule has 2 aromatic carbocycles. The van der Waals surface area contributed by atoms with E-state index < -0.39 is 0 Å². The molecule has 0 saturated carbocycles. The number of nitrogens with zero attached hydrogens (tertiary/aromatic N) is 2. The maximum absolute atomic E-state index is 12.8. The van der Waals surface area contributed by atoms with Gasteiger partial charge in [0.15, 0.2) is 0 Å². The van der Waals surface area contributed by atoms with E-state index in [1.165, 1.54) is 16.9 Å². The van der Waals surface area contributed by atoms with Crippen molar-refractivity contribution < 1.29 is 9.53 Å². The molecule has 1 aliphatic rings. The van der Waals surface area contributed by atoms with Crippen LogP contribution in [-0.2, 0) is 17.8 Å². The molecule has 1 amide bonds. The third-order valence-electron chi connectivity index (χ3n) is 4.97. The quantitative estimate of drug-likeness (QED) is 0.674. The predicted octanol–water partition coefficient (Wildman–Crippen LogP) is 3.88. The average molecular weight is 408 g/mol. The first-order chi connectivity index (χ1) is 14.2. The van der Waals surface area contributed by atoms with Crippen molar-refractivity contribution in [2.45, 2.75) is 20.0 Å². The zero-order valence-electron chi connectivity index (χ0n) is 16.6. The Bertz CT molecular complexity index is 948. The maximum atomic E-state index is 12.8. The van der Waals surface area contributed by atoms with Crippen LogP contribution in [0.5, 0.6) is 0 Å². The molecular formula is C23H25N3O2S. The predicted molar refractivity (Wildman–Crippen MR) is 116 cm³/mol. The summed E-state index contributed by atoms with van der Waals surface area (Å²) in [5, 5.41) is 3.93. The van der Waals surface area contributed by atoms with Crippen molar-refractivity contribution in [3.05, 3.63) is 75.6 Å². The van der Waals surface area contributed by atoms with Gasteiger partial charge in [0, 0.05) is 31.7 Å². The molecule has 0 spiro atoms. The first-order valence-corrected chi connectivity index (χ1v) is 10.7. The normalized spacial score (nSPS) is 14.7. The van der Waals surface area contributed by atoms with E-state index in [1.54, 1.807) is 0 Å². The van der Waals surface area contributed by atoms with E-state index in [0.29, 0.717) is 11.4 Å². The van der Waals surface area contributed by atoms with Gasteiger partial charge in [0.25, 0.3) is 5.91 Å². The molecule has 6 heteroatoms. The standard InChI is InChI=1S/C23H25N3O2S/c1-17-25-21(20-5-3-2-4-6-20)22(29-17)23(27)24-15-18-7-9-19(10-8-18)16-26-11-13-28-14-12-26/h2-10H,11-16H2,1H3,(H,24,27). The first-order valence-electron chi connectivity index (χ1n) is 9.88. The number of nitrogens with one attached hydrogen (secondary N) is 1. The lowest BCUT2D eigenvalue weighted by Gasteiger charge is -2.26. The number of hydrogen-bond donors (Lipinski definition) is 1. The zero-order valence-corrected chi connectivity index (χ0v) is 17.4. The van der Waals surface area contributed by atoms with E-state index in [2.05, 4.69) is 39.5 Å². The van der Waals surface area contributed by atoms with Gasteiger partial charge in [0.2, 0.25) is 0 Å². The molecule has 0 radical (unpaired) electrons. The van der Waals surface area contributed by atoms with E-state index >= 15 is 0 Å². The van der Waals surface area contributed by atoms with E-state index in [9.17, 15) is 4.79 Å². The molecule has 1 fully saturated rings. The van der Waals surface area contributed by atoms with E-state index in [4.69, 9.17) is 4.74 Å². The Labute approximate surface area is 175 Å². The topological polar surface area (TPSA) is 54.5 Å². The SMILES string of the molecule is Cc1nc(-c2ccccc2)c(C(=O)NCc2ccc(CN3CCOCC3)cc2)s1. The molecule has 150 valence electrons. The van der Waals surface area contributed by atoms with Gasteiger partial charge >= 0.3 is 0 Å². The van der Waals surface area contributed by atoms with Gasteiger partial charge in [-0.2, -0.15) is 0 Å². The highest BCUT2D eigenvalue weighted by Crippen LogP contribution is 2.27. The number of ether oxygens (including phenoxy) is 1. The molecule has 5 nitrogen and oxygen atoms in total. The van der Waals surface area contributed by atoms with Crippen molar-refractivity contribution in [3.8, 4) is 11.3 Å². The number of aromatic nitrogens is 1. The van der Waals surface area contributed by atoms with Gasteiger partial charge in [-0.3, -0.25) is 9.69 Å². The van der Waals surface area contributed by atoms with Gasteiger partial charge in [-0.1, -0.05) is 54.6 Å². The number of hydrogen-bond acceptors (Lipinski definition) is 5. The molecule has 0 bridgehead atoms. The average Bonchev–Trinajstić information content (AvgIpc) is 3.16. The number of thiazole rings is 1. The third kappa shape index (κ3) is 5.09. The lowest BCUT2D eigenvalue weighted by atomic mass is 10.1. The van der Waals surface area contributed by atoms with Crippen LogP contribution in [0.15, 0.2) is 54.6 Å². The van der Waals surface area contributed by atoms with Gasteiger partial charge in [-0.05, 0) is 18.1 Å². The molecule has 4 rings (SSSR count). The summed E-state index contributed by atoms with van der Waals surface area (Å²) in [6, 6.07) is 18.3. The van der Waals surface area contributed by atoms with Crippen molar-refractivity contribution >= 4 is 17.2 Å². The van der Waals surface area contributed by atoms with Gasteiger partial charge < -0.3 is 10.1 Å². The summed E-state index contributed by atoms with van der Waals surface area (Å²) in [6.45, 7) is 6.96. The minimum Gasteiger partial charge on any atom is -0.379 e. The summed E-state index contributed by atoms with van der Waals surface area (Å²) < 4.78 is 5.40. The number of aryl methyl sites for hydroxylation is 1. The third-order valence-corrected chi connectivity index (χ3v) is 5.94. The number of carbonyl (C=O) groups is 1. The van der Waals surface area contributed by atoms with Gasteiger partial charge in [-0.25, -0.2) is 4.98 Å². The van der Waals surface area contributed by atoms with Crippen LogP contribution in [0.4, 0.5) is 0 Å². The second-order valence-corrected chi connectivity index (χ2v) is 8.37. The fraction of sp³-hybridized carbons (Fsp3) is 0.304. The largest absolute Gasteiger partial charge is 0.379 e. The summed E-state index contributed by atoms with van der Waals surface area (Å²) >= 11 is 1.44. The van der Waals surface area contributed by atoms with Crippen LogP contribution in [0.2, 0.25) is 0 Å². The van der Waals surface area contributed by atoms with E-state index in [0.717, 1.165) is 54.7 Å². The Hall–Kier alpha value is -2.54. The molecule has 0 atom stereocenters. The molecule has 0 aliphatic carbocycles. The molecule has 1 N–H and O–H groups in total. The summed E-state index contributed by atoms with van der Waals surface area (Å²) in [7, 11) is 0. The van der Waals surface area contributed by atoms with Crippen molar-refractivity contribution in [1.29, 1.82) is 0 Å².